The smallest absolute Gasteiger partial charge is 0.251 e. The van der Waals surface area contributed by atoms with Crippen LogP contribution < -0.4 is 14.8 Å². The van der Waals surface area contributed by atoms with Crippen molar-refractivity contribution in [2.75, 3.05) is 24.1 Å². The van der Waals surface area contributed by atoms with E-state index in [4.69, 9.17) is 4.74 Å². The minimum absolute atomic E-state index is 0.396. The number of rotatable bonds is 5. The molecule has 1 aliphatic carbocycles. The van der Waals surface area contributed by atoms with Crippen molar-refractivity contribution in [3.63, 3.8) is 0 Å². The van der Waals surface area contributed by atoms with Crippen LogP contribution in [0.5, 0.6) is 5.75 Å². The van der Waals surface area contributed by atoms with E-state index in [0.717, 1.165) is 51.4 Å². The Bertz CT molecular complexity index is 1420. The molecule has 1 saturated heterocycles. The fourth-order valence-corrected chi connectivity index (χ4v) is 6.69. The molecule has 0 saturated carbocycles. The fraction of sp³-hybridized carbons (Fsp3) is 0.517. The molecule has 0 unspecified atom stereocenters. The molecule has 2 heterocycles. The number of hydrogen-bond donors (Lipinski definition) is 3. The van der Waals surface area contributed by atoms with Crippen LogP contribution in [-0.2, 0) is 27.7 Å². The highest BCUT2D eigenvalue weighted by atomic mass is 32.2. The number of sulfonamides is 1. The highest BCUT2D eigenvalue weighted by molar-refractivity contribution is 7.92. The van der Waals surface area contributed by atoms with Gasteiger partial charge in [-0.25, -0.2) is 8.42 Å². The van der Waals surface area contributed by atoms with Crippen LogP contribution in [0.2, 0.25) is 0 Å². The monoisotopic (exact) mass is 552 g/mol. The summed E-state index contributed by atoms with van der Waals surface area (Å²) in [7, 11) is -3.47. The number of likely N-dealkylation sites (tertiary alicyclic amines) is 1. The van der Waals surface area contributed by atoms with Gasteiger partial charge in [0.15, 0.2) is 0 Å². The second-order valence-electron chi connectivity index (χ2n) is 11.7. The van der Waals surface area contributed by atoms with E-state index in [0.29, 0.717) is 35.0 Å². The molecule has 208 valence electrons. The molecule has 3 aliphatic rings. The van der Waals surface area contributed by atoms with Crippen molar-refractivity contribution in [2.24, 2.45) is 0 Å². The third-order valence-corrected chi connectivity index (χ3v) is 8.82. The third kappa shape index (κ3) is 6.06. The number of nitrogens with one attached hydrogen (secondary N) is 2. The first-order valence-corrected chi connectivity index (χ1v) is 15.3. The Morgan fingerprint density at radius 3 is 2.59 bits per heavy atom. The Balaban J connectivity index is 1.33. The third-order valence-electron chi connectivity index (χ3n) is 8.22. The van der Waals surface area contributed by atoms with Gasteiger partial charge >= 0.3 is 0 Å². The maximum Gasteiger partial charge on any atom is 0.251 e. The van der Waals surface area contributed by atoms with E-state index in [-0.39, 0.29) is 0 Å². The Hall–Kier alpha value is -3.13. The number of piperidine rings is 1. The summed E-state index contributed by atoms with van der Waals surface area (Å²) in [4.78, 5) is 15.3. The summed E-state index contributed by atoms with van der Waals surface area (Å²) in [5.41, 5.74) is 2.38. The van der Waals surface area contributed by atoms with Crippen LogP contribution in [0.15, 0.2) is 36.4 Å². The van der Waals surface area contributed by atoms with E-state index in [2.05, 4.69) is 27.1 Å². The number of ether oxygens (including phenoxy) is 1. The summed E-state index contributed by atoms with van der Waals surface area (Å²) in [6.07, 6.45) is 6.20. The molecule has 2 aromatic rings. The quantitative estimate of drug-likeness (QED) is 0.520. The summed E-state index contributed by atoms with van der Waals surface area (Å²) >= 11 is 0. The molecule has 39 heavy (non-hydrogen) atoms. The predicted octanol–water partition coefficient (Wildman–Crippen LogP) is 3.03. The summed E-state index contributed by atoms with van der Waals surface area (Å²) in [5, 5.41) is 22.5. The molecular weight excluding hydrogens is 516 g/mol. The first-order valence-electron chi connectivity index (χ1n) is 13.4. The number of hydrogen-bond acceptors (Lipinski definition) is 7. The first kappa shape index (κ1) is 27.4. The van der Waals surface area contributed by atoms with E-state index in [1.54, 1.807) is 18.2 Å². The minimum atomic E-state index is -3.47. The van der Waals surface area contributed by atoms with E-state index in [9.17, 15) is 23.6 Å². The number of nitriles is 1. The highest BCUT2D eigenvalue weighted by Crippen LogP contribution is 2.46. The zero-order valence-corrected chi connectivity index (χ0v) is 23.5. The Kier molecular flexibility index (Phi) is 7.12. The molecule has 2 atom stereocenters. The van der Waals surface area contributed by atoms with Crippen molar-refractivity contribution in [1.29, 1.82) is 5.26 Å². The lowest BCUT2D eigenvalue weighted by Gasteiger charge is -2.49. The lowest BCUT2D eigenvalue weighted by Crippen LogP contribution is -2.55. The van der Waals surface area contributed by atoms with E-state index < -0.39 is 33.2 Å². The van der Waals surface area contributed by atoms with Gasteiger partial charge in [-0.15, -0.1) is 0 Å². The van der Waals surface area contributed by atoms with Gasteiger partial charge in [0.2, 0.25) is 10.0 Å². The molecule has 0 radical (unpaired) electrons. The number of anilines is 1. The minimum Gasteiger partial charge on any atom is -0.487 e. The number of amides is 1. The molecule has 5 rings (SSSR count). The van der Waals surface area contributed by atoms with Gasteiger partial charge in [0.25, 0.3) is 5.91 Å². The van der Waals surface area contributed by atoms with Crippen LogP contribution in [0.4, 0.5) is 5.69 Å². The molecular formula is C29H36N4O5S. The molecule has 10 heteroatoms. The summed E-state index contributed by atoms with van der Waals surface area (Å²) in [5.74, 6) is 0.129. The van der Waals surface area contributed by atoms with Crippen molar-refractivity contribution in [3.8, 4) is 11.8 Å². The summed E-state index contributed by atoms with van der Waals surface area (Å²) in [6.45, 7) is 4.63. The van der Waals surface area contributed by atoms with Gasteiger partial charge in [-0.05, 0) is 87.4 Å². The lowest BCUT2D eigenvalue weighted by molar-refractivity contribution is -0.138. The molecule has 2 aromatic carbocycles. The van der Waals surface area contributed by atoms with E-state index >= 15 is 0 Å². The Labute approximate surface area is 230 Å². The zero-order chi connectivity index (χ0) is 28.0. The standard InChI is InChI=1S/C29H36N4O5S/c1-28(2,35)27(34)31-25-17-29(38-26-9-7-22(16-24(25)26)32-39(3,36)37)10-12-33(13-11-29)23-8-6-20-14-19(18-30)4-5-21(20)15-23/h4-5,7,9,14,16,23,25,32,35H,6,8,10-13,15,17H2,1-3H3,(H,31,34)/t23-,25+/m1/s1. The van der Waals surface area contributed by atoms with Crippen molar-refractivity contribution in [1.82, 2.24) is 10.2 Å². The van der Waals surface area contributed by atoms with Gasteiger partial charge < -0.3 is 15.2 Å². The number of aryl methyl sites for hydroxylation is 1. The number of aliphatic hydroxyl groups is 1. The van der Waals surface area contributed by atoms with Gasteiger partial charge in [-0.2, -0.15) is 5.26 Å². The molecule has 0 aromatic heterocycles. The molecule has 1 fully saturated rings. The maximum absolute atomic E-state index is 12.8. The SMILES string of the molecule is CC(C)(O)C(=O)N[C@H]1CC2(CCN([C@@H]3CCc4cc(C#N)ccc4C3)CC2)Oc2ccc(NS(C)(=O)=O)cc21. The predicted molar refractivity (Wildman–Crippen MR) is 148 cm³/mol. The summed E-state index contributed by atoms with van der Waals surface area (Å²) in [6, 6.07) is 13.4. The number of carbonyl (C=O) groups excluding carboxylic acids is 1. The maximum atomic E-state index is 12.8. The average Bonchev–Trinajstić information content (AvgIpc) is 2.87. The van der Waals surface area contributed by atoms with Crippen molar-refractivity contribution < 1.29 is 23.1 Å². The molecule has 0 bridgehead atoms. The van der Waals surface area contributed by atoms with Gasteiger partial charge in [0, 0.05) is 36.8 Å². The number of carbonyl (C=O) groups is 1. The van der Waals surface area contributed by atoms with Crippen LogP contribution in [0.1, 0.15) is 67.8 Å². The van der Waals surface area contributed by atoms with Crippen LogP contribution >= 0.6 is 0 Å². The second kappa shape index (κ2) is 10.1. The molecule has 9 nitrogen and oxygen atoms in total. The highest BCUT2D eigenvalue weighted by Gasteiger charge is 2.45. The van der Waals surface area contributed by atoms with Gasteiger partial charge in [0.05, 0.1) is 23.9 Å². The molecule has 2 aliphatic heterocycles. The first-order chi connectivity index (χ1) is 18.3. The molecule has 1 spiro atoms. The van der Waals surface area contributed by atoms with Crippen LogP contribution in [-0.4, -0.2) is 60.9 Å². The van der Waals surface area contributed by atoms with Crippen LogP contribution in [0.3, 0.4) is 0 Å². The largest absolute Gasteiger partial charge is 0.487 e. The average molecular weight is 553 g/mol. The Morgan fingerprint density at radius 2 is 1.92 bits per heavy atom. The normalized spacial score (nSPS) is 22.6. The van der Waals surface area contributed by atoms with Gasteiger partial charge in [-0.1, -0.05) is 6.07 Å². The van der Waals surface area contributed by atoms with Gasteiger partial charge in [-0.3, -0.25) is 14.4 Å². The van der Waals surface area contributed by atoms with Crippen LogP contribution in [0.25, 0.3) is 0 Å². The Morgan fingerprint density at radius 1 is 1.18 bits per heavy atom. The van der Waals surface area contributed by atoms with Crippen molar-refractivity contribution in [2.45, 2.75) is 75.7 Å². The number of benzene rings is 2. The molecule has 3 N–H and O–H groups in total. The van der Waals surface area contributed by atoms with Crippen LogP contribution in [0, 0.1) is 11.3 Å². The van der Waals surface area contributed by atoms with E-state index in [1.165, 1.54) is 25.0 Å². The lowest BCUT2D eigenvalue weighted by atomic mass is 9.79. The summed E-state index contributed by atoms with van der Waals surface area (Å²) < 4.78 is 32.7. The fourth-order valence-electron chi connectivity index (χ4n) is 6.13. The molecule has 1 amide bonds. The van der Waals surface area contributed by atoms with Crippen molar-refractivity contribution >= 4 is 21.6 Å². The van der Waals surface area contributed by atoms with Gasteiger partial charge in [0.1, 0.15) is 17.0 Å². The van der Waals surface area contributed by atoms with Crippen molar-refractivity contribution in [3.05, 3.63) is 58.7 Å². The number of nitrogens with zero attached hydrogens (tertiary/aromatic N) is 2. The topological polar surface area (TPSA) is 132 Å². The number of fused-ring (bicyclic) bond motifs is 2. The zero-order valence-electron chi connectivity index (χ0n) is 22.7. The second-order valence-corrected chi connectivity index (χ2v) is 13.5. The van der Waals surface area contributed by atoms with E-state index in [1.807, 2.05) is 12.1 Å².